The van der Waals surface area contributed by atoms with Crippen LogP contribution in [0.3, 0.4) is 0 Å². The van der Waals surface area contributed by atoms with Crippen molar-refractivity contribution < 1.29 is 10.0 Å². The highest BCUT2D eigenvalue weighted by Crippen LogP contribution is 2.11. The minimum absolute atomic E-state index is 0.503. The quantitative estimate of drug-likeness (QED) is 0.590. The Morgan fingerprint density at radius 2 is 1.91 bits per heavy atom. The highest BCUT2D eigenvalue weighted by atomic mass is 127. The maximum atomic E-state index is 8.80. The summed E-state index contributed by atoms with van der Waals surface area (Å²) in [6.07, 6.45) is 0. The van der Waals surface area contributed by atoms with Crippen molar-refractivity contribution in [3.63, 3.8) is 0 Å². The average molecular weight is 327 g/mol. The van der Waals surface area contributed by atoms with Crippen LogP contribution in [0, 0.1) is 3.57 Å². The summed E-state index contributed by atoms with van der Waals surface area (Å²) >= 11 is 5.37. The van der Waals surface area contributed by atoms with E-state index in [9.17, 15) is 0 Å². The molecule has 0 bridgehead atoms. The van der Waals surface area contributed by atoms with Gasteiger partial charge in [0.1, 0.15) is 0 Å². The lowest BCUT2D eigenvalue weighted by molar-refractivity contribution is 0.425. The predicted molar refractivity (Wildman–Crippen MR) is 56.7 cm³/mol. The molecule has 1 rings (SSSR count). The molecule has 11 heavy (non-hydrogen) atoms. The molecule has 2 nitrogen and oxygen atoms in total. The number of halogens is 2. The zero-order chi connectivity index (χ0) is 8.43. The third kappa shape index (κ3) is 2.74. The molecule has 1 aromatic rings. The lowest BCUT2D eigenvalue weighted by Crippen LogP contribution is -2.29. The van der Waals surface area contributed by atoms with Gasteiger partial charge in [-0.15, -0.1) is 0 Å². The van der Waals surface area contributed by atoms with E-state index in [4.69, 9.17) is 10.0 Å². The second kappa shape index (κ2) is 3.89. The van der Waals surface area contributed by atoms with Crippen LogP contribution < -0.4 is 5.46 Å². The average Bonchev–Trinajstić information content (AvgIpc) is 1.85. The first-order valence-electron chi connectivity index (χ1n) is 2.92. The van der Waals surface area contributed by atoms with Gasteiger partial charge in [0, 0.05) is 8.04 Å². The second-order valence-electron chi connectivity index (χ2n) is 2.08. The Kier molecular flexibility index (Phi) is 3.36. The molecule has 5 heteroatoms. The van der Waals surface area contributed by atoms with Crippen LogP contribution in [0.4, 0.5) is 0 Å². The van der Waals surface area contributed by atoms with E-state index in [-0.39, 0.29) is 0 Å². The number of benzene rings is 1. The summed E-state index contributed by atoms with van der Waals surface area (Å²) in [5.74, 6) is 0. The fourth-order valence-electron chi connectivity index (χ4n) is 0.724. The summed E-state index contributed by atoms with van der Waals surface area (Å²) in [6.45, 7) is 0. The molecule has 0 aliphatic rings. The Balaban J connectivity index is 3.08. The molecule has 0 aromatic heterocycles. The monoisotopic (exact) mass is 326 g/mol. The molecule has 0 saturated heterocycles. The smallest absolute Gasteiger partial charge is 0.423 e. The highest BCUT2D eigenvalue weighted by Gasteiger charge is 2.11. The first-order chi connectivity index (χ1) is 5.09. The van der Waals surface area contributed by atoms with Gasteiger partial charge < -0.3 is 10.0 Å². The van der Waals surface area contributed by atoms with E-state index in [1.807, 2.05) is 6.07 Å². The molecule has 0 fully saturated rings. The lowest BCUT2D eigenvalue weighted by atomic mass is 9.81. The Bertz CT molecular complexity index is 247. The van der Waals surface area contributed by atoms with Gasteiger partial charge in [-0.05, 0) is 46.3 Å². The van der Waals surface area contributed by atoms with E-state index in [1.54, 1.807) is 12.1 Å². The van der Waals surface area contributed by atoms with E-state index < -0.39 is 7.12 Å². The molecule has 0 aliphatic carbocycles. The SMILES string of the molecule is OB(O)c1cc(Br)cc(I)c1. The van der Waals surface area contributed by atoms with Gasteiger partial charge in [-0.2, -0.15) is 0 Å². The maximum Gasteiger partial charge on any atom is 0.488 e. The van der Waals surface area contributed by atoms with Crippen LogP contribution in [0.2, 0.25) is 0 Å². The Morgan fingerprint density at radius 3 is 2.36 bits per heavy atom. The van der Waals surface area contributed by atoms with Crippen LogP contribution in [0.25, 0.3) is 0 Å². The van der Waals surface area contributed by atoms with Gasteiger partial charge in [-0.3, -0.25) is 0 Å². The van der Waals surface area contributed by atoms with E-state index in [0.29, 0.717) is 5.46 Å². The van der Waals surface area contributed by atoms with Crippen LogP contribution in [0.1, 0.15) is 0 Å². The topological polar surface area (TPSA) is 40.5 Å². The number of hydrogen-bond acceptors (Lipinski definition) is 2. The van der Waals surface area contributed by atoms with Gasteiger partial charge in [0.15, 0.2) is 0 Å². The van der Waals surface area contributed by atoms with Gasteiger partial charge in [-0.1, -0.05) is 15.9 Å². The Morgan fingerprint density at radius 1 is 1.27 bits per heavy atom. The first-order valence-corrected chi connectivity index (χ1v) is 4.79. The van der Waals surface area contributed by atoms with Gasteiger partial charge in [-0.25, -0.2) is 0 Å². The summed E-state index contributed by atoms with van der Waals surface area (Å²) < 4.78 is 1.83. The molecule has 0 unspecified atom stereocenters. The first kappa shape index (κ1) is 9.50. The normalized spacial score (nSPS) is 9.82. The van der Waals surface area contributed by atoms with E-state index >= 15 is 0 Å². The highest BCUT2D eigenvalue weighted by molar-refractivity contribution is 14.1. The number of hydrogen-bond donors (Lipinski definition) is 2. The zero-order valence-electron chi connectivity index (χ0n) is 5.46. The van der Waals surface area contributed by atoms with Gasteiger partial charge in [0.05, 0.1) is 0 Å². The molecule has 58 valence electrons. The molecule has 0 radical (unpaired) electrons. The van der Waals surface area contributed by atoms with Crippen molar-refractivity contribution in [1.29, 1.82) is 0 Å². The molecule has 0 heterocycles. The van der Waals surface area contributed by atoms with Crippen molar-refractivity contribution >= 4 is 51.1 Å². The minimum atomic E-state index is -1.39. The zero-order valence-corrected chi connectivity index (χ0v) is 9.20. The van der Waals surface area contributed by atoms with Crippen molar-refractivity contribution in [2.45, 2.75) is 0 Å². The molecule has 0 amide bonds. The molecule has 2 N–H and O–H groups in total. The van der Waals surface area contributed by atoms with Crippen molar-refractivity contribution in [2.75, 3.05) is 0 Å². The Hall–Kier alpha value is 0.415. The van der Waals surface area contributed by atoms with Gasteiger partial charge >= 0.3 is 7.12 Å². The van der Waals surface area contributed by atoms with Crippen molar-refractivity contribution in [3.05, 3.63) is 26.2 Å². The third-order valence-corrected chi connectivity index (χ3v) is 2.26. The third-order valence-electron chi connectivity index (χ3n) is 1.18. The van der Waals surface area contributed by atoms with E-state index in [0.717, 1.165) is 8.04 Å². The van der Waals surface area contributed by atoms with Gasteiger partial charge in [0.25, 0.3) is 0 Å². The molecular formula is C6H5BBrIO2. The Labute approximate surface area is 87.0 Å². The number of rotatable bonds is 1. The summed E-state index contributed by atoms with van der Waals surface area (Å²) in [4.78, 5) is 0. The molecule has 0 spiro atoms. The standard InChI is InChI=1S/C6H5BBrIO2/c8-5-1-4(7(10)11)2-6(9)3-5/h1-3,10-11H. The molecule has 0 saturated carbocycles. The van der Waals surface area contributed by atoms with Crippen LogP contribution in [0.15, 0.2) is 22.7 Å². The van der Waals surface area contributed by atoms with Crippen LogP contribution in [0.5, 0.6) is 0 Å². The second-order valence-corrected chi connectivity index (χ2v) is 4.24. The molecule has 0 atom stereocenters. The summed E-state index contributed by atoms with van der Waals surface area (Å²) in [5, 5.41) is 17.6. The lowest BCUT2D eigenvalue weighted by Gasteiger charge is -2.00. The van der Waals surface area contributed by atoms with Crippen LogP contribution in [-0.4, -0.2) is 17.2 Å². The predicted octanol–water partition coefficient (Wildman–Crippen LogP) is 0.733. The summed E-state index contributed by atoms with van der Waals surface area (Å²) in [7, 11) is -1.39. The van der Waals surface area contributed by atoms with Crippen LogP contribution in [-0.2, 0) is 0 Å². The van der Waals surface area contributed by atoms with E-state index in [2.05, 4.69) is 38.5 Å². The summed E-state index contributed by atoms with van der Waals surface area (Å²) in [6, 6.07) is 5.29. The molecule has 0 aliphatic heterocycles. The molecular weight excluding hydrogens is 322 g/mol. The summed E-state index contributed by atoms with van der Waals surface area (Å²) in [5.41, 5.74) is 0.503. The van der Waals surface area contributed by atoms with Crippen LogP contribution >= 0.6 is 38.5 Å². The van der Waals surface area contributed by atoms with Gasteiger partial charge in [0.2, 0.25) is 0 Å². The fourth-order valence-corrected chi connectivity index (χ4v) is 2.36. The van der Waals surface area contributed by atoms with Crippen molar-refractivity contribution in [1.82, 2.24) is 0 Å². The largest absolute Gasteiger partial charge is 0.488 e. The van der Waals surface area contributed by atoms with E-state index in [1.165, 1.54) is 0 Å². The maximum absolute atomic E-state index is 8.80. The fraction of sp³-hybridized carbons (Fsp3) is 0. The van der Waals surface area contributed by atoms with Crippen molar-refractivity contribution in [2.24, 2.45) is 0 Å². The van der Waals surface area contributed by atoms with Crippen molar-refractivity contribution in [3.8, 4) is 0 Å². The minimum Gasteiger partial charge on any atom is -0.423 e. The molecule has 1 aromatic carbocycles.